The zero-order chi connectivity index (χ0) is 17.4. The molecule has 1 amide bonds. The van der Waals surface area contributed by atoms with Gasteiger partial charge in [-0.3, -0.25) is 4.79 Å². The summed E-state index contributed by atoms with van der Waals surface area (Å²) < 4.78 is 5.42. The second kappa shape index (κ2) is 6.68. The fraction of sp³-hybridized carbons (Fsp3) is 0.412. The number of thiazole rings is 1. The number of carbonyl (C=O) groups is 1. The molecule has 0 saturated carbocycles. The van der Waals surface area contributed by atoms with Crippen molar-refractivity contribution in [2.45, 2.75) is 38.6 Å². The van der Waals surface area contributed by atoms with Gasteiger partial charge < -0.3 is 9.42 Å². The Morgan fingerprint density at radius 3 is 2.96 bits per heavy atom. The van der Waals surface area contributed by atoms with Crippen LogP contribution in [-0.2, 0) is 0 Å². The van der Waals surface area contributed by atoms with Crippen molar-refractivity contribution < 1.29 is 9.32 Å². The minimum atomic E-state index is -0.153. The van der Waals surface area contributed by atoms with Crippen molar-refractivity contribution in [3.8, 4) is 9.88 Å². The van der Waals surface area contributed by atoms with Gasteiger partial charge in [0, 0.05) is 17.8 Å². The number of hydrogen-bond donors (Lipinski definition) is 0. The van der Waals surface area contributed by atoms with Crippen molar-refractivity contribution in [2.24, 2.45) is 0 Å². The maximum Gasteiger partial charge on any atom is 0.274 e. The first kappa shape index (κ1) is 16.4. The maximum atomic E-state index is 12.9. The van der Waals surface area contributed by atoms with Crippen molar-refractivity contribution in [1.29, 1.82) is 0 Å². The monoisotopic (exact) mass is 374 g/mol. The fourth-order valence-corrected chi connectivity index (χ4v) is 4.52. The van der Waals surface area contributed by atoms with Crippen LogP contribution in [0.15, 0.2) is 27.4 Å². The molecule has 6 nitrogen and oxygen atoms in total. The van der Waals surface area contributed by atoms with Gasteiger partial charge in [0.05, 0.1) is 4.88 Å². The van der Waals surface area contributed by atoms with E-state index in [0.717, 1.165) is 22.7 Å². The van der Waals surface area contributed by atoms with E-state index >= 15 is 0 Å². The summed E-state index contributed by atoms with van der Waals surface area (Å²) in [6.45, 7) is 4.73. The number of nitrogens with zero attached hydrogens (tertiary/aromatic N) is 4. The highest BCUT2D eigenvalue weighted by Gasteiger charge is 2.35. The molecule has 0 aliphatic carbocycles. The largest absolute Gasteiger partial charge is 0.337 e. The molecule has 3 aromatic heterocycles. The van der Waals surface area contributed by atoms with E-state index in [0.29, 0.717) is 24.0 Å². The SMILES string of the molecule is CC(C)c1noc([C@@H]2CCCN2C(=O)c2csc(-c3cccs3)n2)n1. The molecule has 0 spiro atoms. The molecule has 1 fully saturated rings. The second-order valence-corrected chi connectivity index (χ2v) is 8.12. The van der Waals surface area contributed by atoms with Crippen LogP contribution in [0.3, 0.4) is 0 Å². The Bertz CT molecular complexity index is 869. The third-order valence-electron chi connectivity index (χ3n) is 4.23. The fourth-order valence-electron chi connectivity index (χ4n) is 2.92. The number of thiophene rings is 1. The Hall–Kier alpha value is -2.06. The van der Waals surface area contributed by atoms with Gasteiger partial charge in [0.1, 0.15) is 16.7 Å². The van der Waals surface area contributed by atoms with Gasteiger partial charge in [-0.1, -0.05) is 25.1 Å². The lowest BCUT2D eigenvalue weighted by Crippen LogP contribution is -2.31. The minimum absolute atomic E-state index is 0.0640. The number of likely N-dealkylation sites (tertiary alicyclic amines) is 1. The summed E-state index contributed by atoms with van der Waals surface area (Å²) >= 11 is 3.13. The van der Waals surface area contributed by atoms with Crippen LogP contribution >= 0.6 is 22.7 Å². The average Bonchev–Trinajstić information content (AvgIpc) is 3.41. The Labute approximate surface area is 153 Å². The van der Waals surface area contributed by atoms with Crippen molar-refractivity contribution in [3.05, 3.63) is 40.3 Å². The van der Waals surface area contributed by atoms with Crippen LogP contribution in [0.2, 0.25) is 0 Å². The van der Waals surface area contributed by atoms with E-state index in [1.165, 1.54) is 11.3 Å². The summed E-state index contributed by atoms with van der Waals surface area (Å²) in [5, 5.41) is 8.76. The molecule has 0 bridgehead atoms. The summed E-state index contributed by atoms with van der Waals surface area (Å²) in [6, 6.07) is 3.85. The van der Waals surface area contributed by atoms with Crippen LogP contribution in [0.4, 0.5) is 0 Å². The molecule has 130 valence electrons. The number of carbonyl (C=O) groups excluding carboxylic acids is 1. The smallest absolute Gasteiger partial charge is 0.274 e. The average molecular weight is 374 g/mol. The highest BCUT2D eigenvalue weighted by molar-refractivity contribution is 7.20. The van der Waals surface area contributed by atoms with Gasteiger partial charge in [-0.05, 0) is 24.3 Å². The molecule has 0 unspecified atom stereocenters. The lowest BCUT2D eigenvalue weighted by Gasteiger charge is -2.20. The molecule has 1 atom stereocenters. The molecule has 1 saturated heterocycles. The predicted octanol–water partition coefficient (Wildman–Crippen LogP) is 4.36. The van der Waals surface area contributed by atoms with Gasteiger partial charge in [0.25, 0.3) is 5.91 Å². The van der Waals surface area contributed by atoms with E-state index in [4.69, 9.17) is 4.52 Å². The molecule has 1 aliphatic rings. The first-order valence-electron chi connectivity index (χ1n) is 8.27. The standard InChI is InChI=1S/C17H18N4O2S2/c1-10(2)14-19-15(23-20-14)12-5-3-7-21(12)17(22)11-9-25-16(18-11)13-6-4-8-24-13/h4,6,8-10,12H,3,5,7H2,1-2H3/t12-/m0/s1. The summed E-state index contributed by atoms with van der Waals surface area (Å²) in [4.78, 5) is 24.8. The highest BCUT2D eigenvalue weighted by atomic mass is 32.1. The zero-order valence-electron chi connectivity index (χ0n) is 14.0. The molecule has 1 aliphatic heterocycles. The van der Waals surface area contributed by atoms with Crippen molar-refractivity contribution in [2.75, 3.05) is 6.54 Å². The Morgan fingerprint density at radius 1 is 1.36 bits per heavy atom. The molecule has 3 aromatic rings. The number of hydrogen-bond acceptors (Lipinski definition) is 7. The third kappa shape index (κ3) is 3.11. The van der Waals surface area contributed by atoms with Gasteiger partial charge in [0.15, 0.2) is 5.82 Å². The predicted molar refractivity (Wildman–Crippen MR) is 96.8 cm³/mol. The van der Waals surface area contributed by atoms with E-state index < -0.39 is 0 Å². The topological polar surface area (TPSA) is 72.1 Å². The second-order valence-electron chi connectivity index (χ2n) is 6.32. The van der Waals surface area contributed by atoms with Crippen LogP contribution in [0.5, 0.6) is 0 Å². The number of amides is 1. The quantitative estimate of drug-likeness (QED) is 0.679. The van der Waals surface area contributed by atoms with Gasteiger partial charge in [-0.2, -0.15) is 4.98 Å². The van der Waals surface area contributed by atoms with Gasteiger partial charge in [0.2, 0.25) is 5.89 Å². The molecule has 0 radical (unpaired) electrons. The number of aromatic nitrogens is 3. The van der Waals surface area contributed by atoms with Gasteiger partial charge in [-0.15, -0.1) is 22.7 Å². The Balaban J connectivity index is 1.56. The lowest BCUT2D eigenvalue weighted by molar-refractivity contribution is 0.0705. The molecule has 0 aromatic carbocycles. The molecule has 0 N–H and O–H groups in total. The van der Waals surface area contributed by atoms with E-state index in [1.54, 1.807) is 11.3 Å². The molecular formula is C17H18N4O2S2. The summed E-state index contributed by atoms with van der Waals surface area (Å²) in [7, 11) is 0. The van der Waals surface area contributed by atoms with Crippen molar-refractivity contribution >= 4 is 28.6 Å². The minimum Gasteiger partial charge on any atom is -0.337 e. The first-order valence-corrected chi connectivity index (χ1v) is 10.0. The van der Waals surface area contributed by atoms with Crippen molar-refractivity contribution in [1.82, 2.24) is 20.0 Å². The highest BCUT2D eigenvalue weighted by Crippen LogP contribution is 2.34. The van der Waals surface area contributed by atoms with E-state index in [9.17, 15) is 4.79 Å². The first-order chi connectivity index (χ1) is 12.1. The maximum absolute atomic E-state index is 12.9. The van der Waals surface area contributed by atoms with Crippen LogP contribution in [0.25, 0.3) is 9.88 Å². The molecule has 4 heterocycles. The summed E-state index contributed by atoms with van der Waals surface area (Å²) in [5.74, 6) is 1.35. The zero-order valence-corrected chi connectivity index (χ0v) is 15.6. The van der Waals surface area contributed by atoms with E-state index in [-0.39, 0.29) is 17.9 Å². The molecule has 25 heavy (non-hydrogen) atoms. The van der Waals surface area contributed by atoms with Gasteiger partial charge in [-0.25, -0.2) is 4.98 Å². The van der Waals surface area contributed by atoms with E-state index in [1.807, 2.05) is 41.6 Å². The Morgan fingerprint density at radius 2 is 2.24 bits per heavy atom. The van der Waals surface area contributed by atoms with Crippen LogP contribution in [-0.4, -0.2) is 32.5 Å². The molecule has 8 heteroatoms. The summed E-state index contributed by atoms with van der Waals surface area (Å²) in [6.07, 6.45) is 1.77. The van der Waals surface area contributed by atoms with E-state index in [2.05, 4.69) is 15.1 Å². The summed E-state index contributed by atoms with van der Waals surface area (Å²) in [5.41, 5.74) is 0.490. The molecular weight excluding hydrogens is 356 g/mol. The van der Waals surface area contributed by atoms with Crippen LogP contribution in [0.1, 0.15) is 60.9 Å². The third-order valence-corrected chi connectivity index (χ3v) is 6.11. The molecule has 4 rings (SSSR count). The lowest BCUT2D eigenvalue weighted by atomic mass is 10.2. The Kier molecular flexibility index (Phi) is 4.39. The van der Waals surface area contributed by atoms with Crippen LogP contribution < -0.4 is 0 Å². The normalized spacial score (nSPS) is 17.6. The van der Waals surface area contributed by atoms with Crippen LogP contribution in [0, 0.1) is 0 Å². The number of rotatable bonds is 4. The van der Waals surface area contributed by atoms with Crippen molar-refractivity contribution in [3.63, 3.8) is 0 Å². The van der Waals surface area contributed by atoms with Gasteiger partial charge >= 0.3 is 0 Å².